The number of fused-ring (bicyclic) bond motifs is 1. The third kappa shape index (κ3) is 4.07. The molecule has 1 aromatic carbocycles. The predicted octanol–water partition coefficient (Wildman–Crippen LogP) is 4.79. The van der Waals surface area contributed by atoms with E-state index in [0.717, 1.165) is 33.4 Å². The summed E-state index contributed by atoms with van der Waals surface area (Å²) < 4.78 is 2.06. The maximum Gasteiger partial charge on any atom is 0.245 e. The Morgan fingerprint density at radius 2 is 2.06 bits per heavy atom. The van der Waals surface area contributed by atoms with Crippen molar-refractivity contribution in [3.8, 4) is 11.1 Å². The Morgan fingerprint density at radius 1 is 1.31 bits per heavy atom. The van der Waals surface area contributed by atoms with Crippen molar-refractivity contribution in [1.82, 2.24) is 19.4 Å². The van der Waals surface area contributed by atoms with Crippen molar-refractivity contribution < 1.29 is 9.59 Å². The average molecular weight is 451 g/mol. The lowest BCUT2D eigenvalue weighted by Gasteiger charge is -2.38. The molecule has 3 aromatic rings. The second-order valence-electron chi connectivity index (χ2n) is 8.74. The molecule has 1 aliphatic heterocycles. The Bertz CT molecular complexity index is 1210. The molecule has 2 aromatic heterocycles. The molecular weight excluding hydrogens is 424 g/mol. The molecular formula is C25H27ClN4O2. The number of halogens is 1. The normalized spacial score (nSPS) is 14.1. The molecule has 0 atom stereocenters. The van der Waals surface area contributed by atoms with E-state index >= 15 is 0 Å². The molecule has 0 unspecified atom stereocenters. The van der Waals surface area contributed by atoms with Crippen LogP contribution in [0.1, 0.15) is 37.6 Å². The number of rotatable bonds is 7. The third-order valence-corrected chi connectivity index (χ3v) is 6.37. The van der Waals surface area contributed by atoms with Gasteiger partial charge in [-0.25, -0.2) is 9.97 Å². The lowest BCUT2D eigenvalue weighted by molar-refractivity contribution is -0.134. The van der Waals surface area contributed by atoms with Crippen LogP contribution in [0.5, 0.6) is 0 Å². The van der Waals surface area contributed by atoms with Crippen molar-refractivity contribution in [1.29, 1.82) is 0 Å². The minimum atomic E-state index is -0.0755. The Morgan fingerprint density at radius 3 is 2.75 bits per heavy atom. The van der Waals surface area contributed by atoms with Crippen LogP contribution >= 0.6 is 11.6 Å². The maximum atomic E-state index is 13.0. The topological polar surface area (TPSA) is 68.1 Å². The number of hydrogen-bond acceptors (Lipinski definition) is 4. The van der Waals surface area contributed by atoms with E-state index in [9.17, 15) is 9.59 Å². The maximum absolute atomic E-state index is 13.0. The van der Waals surface area contributed by atoms with E-state index in [1.54, 1.807) is 11.2 Å². The lowest BCUT2D eigenvalue weighted by atomic mass is 9.94. The summed E-state index contributed by atoms with van der Waals surface area (Å²) in [4.78, 5) is 35.1. The number of Topliss-reactive ketones (excluding diaryl/α,β-unsaturated/α-hetero) is 1. The zero-order chi connectivity index (χ0) is 23.0. The Balaban J connectivity index is 1.67. The molecule has 0 spiro atoms. The summed E-state index contributed by atoms with van der Waals surface area (Å²) in [5, 5.41) is 1.64. The number of carbonyl (C=O) groups is 2. The number of amides is 1. The minimum absolute atomic E-state index is 0.0755. The second-order valence-corrected chi connectivity index (χ2v) is 9.18. The Kier molecular flexibility index (Phi) is 6.15. The summed E-state index contributed by atoms with van der Waals surface area (Å²) in [6.45, 7) is 11.3. The fourth-order valence-corrected chi connectivity index (χ4v) is 4.73. The van der Waals surface area contributed by atoms with Crippen LogP contribution < -0.4 is 0 Å². The first-order chi connectivity index (χ1) is 15.3. The van der Waals surface area contributed by atoms with Gasteiger partial charge < -0.3 is 9.47 Å². The van der Waals surface area contributed by atoms with E-state index in [4.69, 9.17) is 11.6 Å². The SMILES string of the molecule is C=CC(=O)N1CC(CC(=O)Cn2c(C)c(-c3cncnc3C(C)C)c3cc(Cl)ccc32)C1. The van der Waals surface area contributed by atoms with E-state index in [1.807, 2.05) is 31.3 Å². The molecule has 0 aliphatic carbocycles. The summed E-state index contributed by atoms with van der Waals surface area (Å²) in [7, 11) is 0. The number of hydrogen-bond donors (Lipinski definition) is 0. The van der Waals surface area contributed by atoms with Crippen LogP contribution in [0, 0.1) is 12.8 Å². The van der Waals surface area contributed by atoms with Crippen LogP contribution in [0.3, 0.4) is 0 Å². The first kappa shape index (κ1) is 22.2. The van der Waals surface area contributed by atoms with Gasteiger partial charge in [-0.05, 0) is 37.1 Å². The fourth-order valence-electron chi connectivity index (χ4n) is 4.56. The first-order valence-corrected chi connectivity index (χ1v) is 11.2. The lowest BCUT2D eigenvalue weighted by Crippen LogP contribution is -2.50. The van der Waals surface area contributed by atoms with Crippen molar-refractivity contribution in [2.75, 3.05) is 13.1 Å². The highest BCUT2D eigenvalue weighted by atomic mass is 35.5. The number of ketones is 1. The highest BCUT2D eigenvalue weighted by Crippen LogP contribution is 2.38. The number of carbonyl (C=O) groups excluding carboxylic acids is 2. The van der Waals surface area contributed by atoms with E-state index in [0.29, 0.717) is 24.5 Å². The predicted molar refractivity (Wildman–Crippen MR) is 127 cm³/mol. The molecule has 166 valence electrons. The summed E-state index contributed by atoms with van der Waals surface area (Å²) in [6, 6.07) is 5.76. The largest absolute Gasteiger partial charge is 0.338 e. The van der Waals surface area contributed by atoms with Crippen LogP contribution in [-0.2, 0) is 16.1 Å². The monoisotopic (exact) mass is 450 g/mol. The summed E-state index contributed by atoms with van der Waals surface area (Å²) in [5.74, 6) is 0.507. The summed E-state index contributed by atoms with van der Waals surface area (Å²) >= 11 is 6.35. The number of likely N-dealkylation sites (tertiary alicyclic amines) is 1. The zero-order valence-electron chi connectivity index (χ0n) is 18.6. The number of aromatic nitrogens is 3. The van der Waals surface area contributed by atoms with Gasteiger partial charge in [0.25, 0.3) is 0 Å². The van der Waals surface area contributed by atoms with Crippen LogP contribution in [0.2, 0.25) is 5.02 Å². The van der Waals surface area contributed by atoms with Gasteiger partial charge in [-0.1, -0.05) is 32.0 Å². The molecule has 0 saturated carbocycles. The van der Waals surface area contributed by atoms with Crippen molar-refractivity contribution >= 4 is 34.2 Å². The number of benzene rings is 1. The quantitative estimate of drug-likeness (QED) is 0.485. The molecule has 32 heavy (non-hydrogen) atoms. The van der Waals surface area contributed by atoms with E-state index in [2.05, 4.69) is 35.0 Å². The molecule has 6 nitrogen and oxygen atoms in total. The minimum Gasteiger partial charge on any atom is -0.338 e. The molecule has 4 rings (SSSR count). The highest BCUT2D eigenvalue weighted by molar-refractivity contribution is 6.31. The molecule has 1 fully saturated rings. The molecule has 3 heterocycles. The standard InChI is InChI=1S/C25H27ClN4O2/c1-5-23(32)29-11-17(12-29)8-19(31)13-30-16(4)24(20-9-18(26)6-7-22(20)30)21-10-27-14-28-25(21)15(2)3/h5-7,9-10,14-15,17H,1,8,11-13H2,2-4H3. The number of nitrogens with zero attached hydrogens (tertiary/aromatic N) is 4. The Hall–Kier alpha value is -2.99. The van der Waals surface area contributed by atoms with E-state index < -0.39 is 0 Å². The molecule has 0 bridgehead atoms. The van der Waals surface area contributed by atoms with Gasteiger partial charge in [-0.2, -0.15) is 0 Å². The van der Waals surface area contributed by atoms with Crippen molar-refractivity contribution in [3.63, 3.8) is 0 Å². The van der Waals surface area contributed by atoms with Gasteiger partial charge in [-0.3, -0.25) is 9.59 Å². The smallest absolute Gasteiger partial charge is 0.245 e. The van der Waals surface area contributed by atoms with Crippen molar-refractivity contribution in [3.05, 3.63) is 59.8 Å². The van der Waals surface area contributed by atoms with Gasteiger partial charge in [0, 0.05) is 64.4 Å². The highest BCUT2D eigenvalue weighted by Gasteiger charge is 2.31. The molecule has 0 N–H and O–H groups in total. The van der Waals surface area contributed by atoms with Gasteiger partial charge >= 0.3 is 0 Å². The first-order valence-electron chi connectivity index (χ1n) is 10.8. The average Bonchev–Trinajstić information content (AvgIpc) is 3.00. The van der Waals surface area contributed by atoms with E-state index in [-0.39, 0.29) is 30.1 Å². The van der Waals surface area contributed by atoms with Gasteiger partial charge in [-0.15, -0.1) is 0 Å². The Labute approximate surface area is 192 Å². The zero-order valence-corrected chi connectivity index (χ0v) is 19.4. The molecule has 1 saturated heterocycles. The van der Waals surface area contributed by atoms with Gasteiger partial charge in [0.2, 0.25) is 5.91 Å². The molecule has 0 radical (unpaired) electrons. The van der Waals surface area contributed by atoms with Gasteiger partial charge in [0.15, 0.2) is 5.78 Å². The fraction of sp³-hybridized carbons (Fsp3) is 0.360. The van der Waals surface area contributed by atoms with Crippen LogP contribution in [0.4, 0.5) is 0 Å². The summed E-state index contributed by atoms with van der Waals surface area (Å²) in [6.07, 6.45) is 5.19. The summed E-state index contributed by atoms with van der Waals surface area (Å²) in [5.41, 5.74) is 4.91. The second kappa shape index (κ2) is 8.87. The molecule has 1 amide bonds. The van der Waals surface area contributed by atoms with Gasteiger partial charge in [0.1, 0.15) is 6.33 Å². The van der Waals surface area contributed by atoms with Gasteiger partial charge in [0.05, 0.1) is 12.2 Å². The molecule has 7 heteroatoms. The van der Waals surface area contributed by atoms with E-state index in [1.165, 1.54) is 6.08 Å². The molecule has 1 aliphatic rings. The van der Waals surface area contributed by atoms with Crippen molar-refractivity contribution in [2.24, 2.45) is 5.92 Å². The van der Waals surface area contributed by atoms with Crippen LogP contribution in [0.25, 0.3) is 22.0 Å². The third-order valence-electron chi connectivity index (χ3n) is 6.14. The van der Waals surface area contributed by atoms with Crippen molar-refractivity contribution in [2.45, 2.75) is 39.7 Å². The van der Waals surface area contributed by atoms with Crippen LogP contribution in [0.15, 0.2) is 43.4 Å². The van der Waals surface area contributed by atoms with Crippen LogP contribution in [-0.4, -0.2) is 44.2 Å².